The van der Waals surface area contributed by atoms with Crippen LogP contribution in [0.2, 0.25) is 0 Å². The standard InChI is InChI=1S/C27H31F2N3O4.ClH/c1-35-24-5-3-2-4-20(24)17-6-9-19(10-7-17)27(12-13-30-16-27)31-25(33)32-23(15-36-26(32)34)18-8-11-21(28)22(29)14-18;/h2-5,8,11,14,17,19,23,30H,6-7,9-10,12-13,15-16H2,1H3,(H,31,33);1H/t17?,19?,23-,27+;/m1./s1. The van der Waals surface area contributed by atoms with Crippen LogP contribution in [0.5, 0.6) is 5.75 Å². The van der Waals surface area contributed by atoms with Crippen molar-refractivity contribution in [2.24, 2.45) is 5.92 Å². The largest absolute Gasteiger partial charge is 0.496 e. The Morgan fingerprint density at radius 1 is 1.14 bits per heavy atom. The number of ether oxygens (including phenoxy) is 2. The van der Waals surface area contributed by atoms with Crippen LogP contribution in [0.4, 0.5) is 18.4 Å². The number of carbonyl (C=O) groups excluding carboxylic acids is 2. The van der Waals surface area contributed by atoms with E-state index in [2.05, 4.69) is 16.7 Å². The Morgan fingerprint density at radius 3 is 2.57 bits per heavy atom. The van der Waals surface area contributed by atoms with E-state index in [4.69, 9.17) is 9.47 Å². The van der Waals surface area contributed by atoms with E-state index < -0.39 is 35.3 Å². The van der Waals surface area contributed by atoms with Gasteiger partial charge in [0.2, 0.25) is 0 Å². The van der Waals surface area contributed by atoms with Gasteiger partial charge < -0.3 is 20.1 Å². The Balaban J connectivity index is 0.00000320. The highest BCUT2D eigenvalue weighted by Gasteiger charge is 2.47. The fraction of sp³-hybridized carbons (Fsp3) is 0.481. The number of imide groups is 1. The molecule has 0 spiro atoms. The zero-order valence-corrected chi connectivity index (χ0v) is 21.5. The van der Waals surface area contributed by atoms with Gasteiger partial charge in [-0.1, -0.05) is 24.3 Å². The first-order valence-electron chi connectivity index (χ1n) is 12.5. The molecule has 37 heavy (non-hydrogen) atoms. The van der Waals surface area contributed by atoms with Crippen LogP contribution in [0.3, 0.4) is 0 Å². The van der Waals surface area contributed by atoms with E-state index in [9.17, 15) is 18.4 Å². The fourth-order valence-electron chi connectivity index (χ4n) is 6.11. The van der Waals surface area contributed by atoms with Gasteiger partial charge in [-0.2, -0.15) is 0 Å². The minimum absolute atomic E-state index is 0. The molecule has 2 aromatic rings. The number of para-hydroxylation sites is 1. The number of urea groups is 1. The number of hydrogen-bond donors (Lipinski definition) is 2. The van der Waals surface area contributed by atoms with Crippen molar-refractivity contribution in [2.45, 2.75) is 49.6 Å². The minimum Gasteiger partial charge on any atom is -0.496 e. The molecule has 2 heterocycles. The third-order valence-electron chi connectivity index (χ3n) is 8.05. The molecule has 200 valence electrons. The summed E-state index contributed by atoms with van der Waals surface area (Å²) in [6, 6.07) is 10.1. The second-order valence-electron chi connectivity index (χ2n) is 9.94. The van der Waals surface area contributed by atoms with Gasteiger partial charge in [0.25, 0.3) is 0 Å². The molecule has 2 N–H and O–H groups in total. The number of methoxy groups -OCH3 is 1. The summed E-state index contributed by atoms with van der Waals surface area (Å²) in [5.74, 6) is -0.480. The molecule has 0 bridgehead atoms. The van der Waals surface area contributed by atoms with Crippen LogP contribution < -0.4 is 15.4 Å². The van der Waals surface area contributed by atoms with Crippen LogP contribution in [0.25, 0.3) is 0 Å². The summed E-state index contributed by atoms with van der Waals surface area (Å²) in [6.45, 7) is 1.28. The predicted octanol–water partition coefficient (Wildman–Crippen LogP) is 5.30. The number of amides is 3. The van der Waals surface area contributed by atoms with Gasteiger partial charge in [-0.05, 0) is 79.8 Å². The first kappa shape index (κ1) is 27.1. The highest BCUT2D eigenvalue weighted by atomic mass is 35.5. The van der Waals surface area contributed by atoms with E-state index in [1.165, 1.54) is 11.6 Å². The highest BCUT2D eigenvalue weighted by molar-refractivity contribution is 5.93. The molecule has 2 aromatic carbocycles. The van der Waals surface area contributed by atoms with E-state index in [1.807, 2.05) is 18.2 Å². The third kappa shape index (κ3) is 5.25. The molecule has 10 heteroatoms. The third-order valence-corrected chi connectivity index (χ3v) is 8.05. The van der Waals surface area contributed by atoms with Gasteiger partial charge in [0.05, 0.1) is 12.6 Å². The number of halogens is 3. The number of carbonyl (C=O) groups is 2. The van der Waals surface area contributed by atoms with E-state index in [-0.39, 0.29) is 24.9 Å². The summed E-state index contributed by atoms with van der Waals surface area (Å²) in [5, 5.41) is 6.54. The van der Waals surface area contributed by atoms with E-state index >= 15 is 0 Å². The molecule has 2 aliphatic heterocycles. The average molecular weight is 536 g/mol. The Labute approximate surface area is 221 Å². The molecule has 3 amide bonds. The lowest BCUT2D eigenvalue weighted by atomic mass is 9.69. The van der Waals surface area contributed by atoms with Crippen molar-refractivity contribution in [1.82, 2.24) is 15.5 Å². The lowest BCUT2D eigenvalue weighted by molar-refractivity contribution is 0.138. The van der Waals surface area contributed by atoms with Gasteiger partial charge in [0.1, 0.15) is 18.4 Å². The van der Waals surface area contributed by atoms with Crippen LogP contribution in [0, 0.1) is 17.6 Å². The average Bonchev–Trinajstić information content (AvgIpc) is 3.53. The number of rotatable bonds is 5. The summed E-state index contributed by atoms with van der Waals surface area (Å²) in [5.41, 5.74) is 1.03. The quantitative estimate of drug-likeness (QED) is 0.543. The predicted molar refractivity (Wildman–Crippen MR) is 136 cm³/mol. The molecule has 5 rings (SSSR count). The normalized spacial score (nSPS) is 27.4. The first-order valence-corrected chi connectivity index (χ1v) is 12.5. The topological polar surface area (TPSA) is 79.9 Å². The maximum atomic E-state index is 13.9. The molecule has 0 radical (unpaired) electrons. The molecule has 1 saturated carbocycles. The van der Waals surface area contributed by atoms with Crippen LogP contribution in [0.15, 0.2) is 42.5 Å². The van der Waals surface area contributed by atoms with Crippen LogP contribution >= 0.6 is 12.4 Å². The Hall–Kier alpha value is -2.91. The lowest BCUT2D eigenvalue weighted by Gasteiger charge is -2.42. The second kappa shape index (κ2) is 11.2. The molecule has 3 aliphatic rings. The fourth-order valence-corrected chi connectivity index (χ4v) is 6.11. The Bertz CT molecular complexity index is 1140. The summed E-state index contributed by atoms with van der Waals surface area (Å²) < 4.78 is 38.0. The smallest absolute Gasteiger partial charge is 0.418 e. The second-order valence-corrected chi connectivity index (χ2v) is 9.94. The maximum absolute atomic E-state index is 13.9. The zero-order chi connectivity index (χ0) is 25.3. The molecule has 0 unspecified atom stereocenters. The van der Waals surface area contributed by atoms with Crippen LogP contribution in [0.1, 0.15) is 55.2 Å². The van der Waals surface area contributed by atoms with Crippen molar-refractivity contribution in [3.05, 3.63) is 65.2 Å². The molecule has 0 aromatic heterocycles. The number of cyclic esters (lactones) is 1. The van der Waals surface area contributed by atoms with Gasteiger partial charge >= 0.3 is 12.1 Å². The van der Waals surface area contributed by atoms with Gasteiger partial charge in [-0.25, -0.2) is 23.3 Å². The van der Waals surface area contributed by atoms with E-state index in [0.717, 1.165) is 61.4 Å². The van der Waals surface area contributed by atoms with Crippen molar-refractivity contribution in [3.63, 3.8) is 0 Å². The van der Waals surface area contributed by atoms with Crippen LogP contribution in [-0.2, 0) is 4.74 Å². The van der Waals surface area contributed by atoms with Gasteiger partial charge in [-0.15, -0.1) is 12.4 Å². The summed E-state index contributed by atoms with van der Waals surface area (Å²) in [4.78, 5) is 27.0. The molecule has 2 atom stereocenters. The number of hydrogen-bond acceptors (Lipinski definition) is 5. The molecular formula is C27H32ClF2N3O4. The summed E-state index contributed by atoms with van der Waals surface area (Å²) in [7, 11) is 1.69. The van der Waals surface area contributed by atoms with Gasteiger partial charge in [0, 0.05) is 6.54 Å². The molecule has 2 saturated heterocycles. The van der Waals surface area contributed by atoms with Crippen molar-refractivity contribution in [1.29, 1.82) is 0 Å². The Morgan fingerprint density at radius 2 is 1.89 bits per heavy atom. The Kier molecular flexibility index (Phi) is 8.23. The monoisotopic (exact) mass is 535 g/mol. The van der Waals surface area contributed by atoms with Crippen molar-refractivity contribution in [2.75, 3.05) is 26.8 Å². The van der Waals surface area contributed by atoms with E-state index in [1.54, 1.807) is 7.11 Å². The number of nitrogens with zero attached hydrogens (tertiary/aromatic N) is 1. The van der Waals surface area contributed by atoms with Crippen molar-refractivity contribution >= 4 is 24.5 Å². The first-order chi connectivity index (χ1) is 17.4. The zero-order valence-electron chi connectivity index (χ0n) is 20.7. The van der Waals surface area contributed by atoms with Crippen molar-refractivity contribution in [3.8, 4) is 5.75 Å². The van der Waals surface area contributed by atoms with Crippen molar-refractivity contribution < 1.29 is 27.8 Å². The summed E-state index contributed by atoms with van der Waals surface area (Å²) in [6.07, 6.45) is 3.78. The summed E-state index contributed by atoms with van der Waals surface area (Å²) >= 11 is 0. The SMILES string of the molecule is COc1ccccc1C1CCC([C@]2(NC(=O)N3C(=O)OC[C@@H]3c3ccc(F)c(F)c3)CCNC2)CC1.Cl. The van der Waals surface area contributed by atoms with Crippen LogP contribution in [-0.4, -0.2) is 49.4 Å². The minimum atomic E-state index is -1.03. The highest BCUT2D eigenvalue weighted by Crippen LogP contribution is 2.44. The van der Waals surface area contributed by atoms with E-state index in [0.29, 0.717) is 18.0 Å². The van der Waals surface area contributed by atoms with Gasteiger partial charge in [-0.3, -0.25) is 0 Å². The number of nitrogens with one attached hydrogen (secondary N) is 2. The number of benzene rings is 2. The molecule has 1 aliphatic carbocycles. The molecular weight excluding hydrogens is 504 g/mol. The van der Waals surface area contributed by atoms with Gasteiger partial charge in [0.15, 0.2) is 11.6 Å². The lowest BCUT2D eigenvalue weighted by Crippen LogP contribution is -2.59. The molecule has 7 nitrogen and oxygen atoms in total. The maximum Gasteiger partial charge on any atom is 0.418 e. The molecule has 3 fully saturated rings.